The maximum absolute atomic E-state index is 12.0. The van der Waals surface area contributed by atoms with Crippen molar-refractivity contribution in [1.29, 1.82) is 0 Å². The van der Waals surface area contributed by atoms with Gasteiger partial charge in [0, 0.05) is 26.2 Å². The smallest absolute Gasteiger partial charge is 0.310 e. The largest absolute Gasteiger partial charge is 0.491 e. The Kier molecular flexibility index (Phi) is 12.6. The van der Waals surface area contributed by atoms with Crippen LogP contribution in [0.3, 0.4) is 0 Å². The molecule has 2 aliphatic rings. The number of ether oxygens (including phenoxy) is 4. The molecular formula is C28H44N2O8. The lowest BCUT2D eigenvalue weighted by molar-refractivity contribution is -0.151. The molecule has 2 heterocycles. The highest BCUT2D eigenvalue weighted by Gasteiger charge is 2.29. The predicted octanol–water partition coefficient (Wildman–Crippen LogP) is 1.72. The van der Waals surface area contributed by atoms with Gasteiger partial charge in [0.1, 0.15) is 36.9 Å². The molecule has 0 aromatic heterocycles. The van der Waals surface area contributed by atoms with E-state index in [0.717, 1.165) is 38.8 Å². The maximum atomic E-state index is 12.0. The van der Waals surface area contributed by atoms with Gasteiger partial charge >= 0.3 is 11.9 Å². The summed E-state index contributed by atoms with van der Waals surface area (Å²) in [6.45, 7) is 8.41. The van der Waals surface area contributed by atoms with E-state index < -0.39 is 12.2 Å². The van der Waals surface area contributed by atoms with Crippen molar-refractivity contribution in [3.8, 4) is 11.5 Å². The van der Waals surface area contributed by atoms with Crippen LogP contribution >= 0.6 is 0 Å². The normalized spacial score (nSPS) is 22.3. The zero-order chi connectivity index (χ0) is 27.3. The molecular weight excluding hydrogens is 492 g/mol. The van der Waals surface area contributed by atoms with Gasteiger partial charge in [-0.2, -0.15) is 0 Å². The van der Waals surface area contributed by atoms with Crippen LogP contribution in [0.25, 0.3) is 0 Å². The monoisotopic (exact) mass is 536 g/mol. The van der Waals surface area contributed by atoms with Gasteiger partial charge in [-0.05, 0) is 76.9 Å². The fraction of sp³-hybridized carbons (Fsp3) is 0.714. The number of rotatable bonds is 14. The van der Waals surface area contributed by atoms with Gasteiger partial charge in [0.05, 0.1) is 25.0 Å². The molecule has 0 spiro atoms. The first-order chi connectivity index (χ1) is 18.4. The van der Waals surface area contributed by atoms with Crippen LogP contribution in [0.4, 0.5) is 0 Å². The zero-order valence-corrected chi connectivity index (χ0v) is 22.8. The first-order valence-corrected chi connectivity index (χ1v) is 13.9. The molecule has 3 rings (SSSR count). The summed E-state index contributed by atoms with van der Waals surface area (Å²) >= 11 is 0. The van der Waals surface area contributed by atoms with Gasteiger partial charge in [-0.1, -0.05) is 0 Å². The van der Waals surface area contributed by atoms with Gasteiger partial charge in [0.2, 0.25) is 0 Å². The lowest BCUT2D eigenvalue weighted by Crippen LogP contribution is -2.44. The summed E-state index contributed by atoms with van der Waals surface area (Å²) in [5, 5.41) is 20.9. The summed E-state index contributed by atoms with van der Waals surface area (Å²) in [5.41, 5.74) is 0. The molecule has 0 aliphatic carbocycles. The van der Waals surface area contributed by atoms with Crippen molar-refractivity contribution >= 4 is 11.9 Å². The summed E-state index contributed by atoms with van der Waals surface area (Å²) in [5.74, 6) is 0.629. The molecule has 2 fully saturated rings. The van der Waals surface area contributed by atoms with E-state index >= 15 is 0 Å². The van der Waals surface area contributed by atoms with Crippen molar-refractivity contribution in [3.63, 3.8) is 0 Å². The highest BCUT2D eigenvalue weighted by Crippen LogP contribution is 2.21. The Morgan fingerprint density at radius 2 is 1.18 bits per heavy atom. The summed E-state index contributed by atoms with van der Waals surface area (Å²) in [4.78, 5) is 28.2. The van der Waals surface area contributed by atoms with E-state index in [2.05, 4.69) is 9.80 Å². The fourth-order valence-electron chi connectivity index (χ4n) is 5.07. The van der Waals surface area contributed by atoms with Crippen molar-refractivity contribution in [2.75, 3.05) is 65.7 Å². The second kappa shape index (κ2) is 15.9. The lowest BCUT2D eigenvalue weighted by atomic mass is 9.98. The van der Waals surface area contributed by atoms with E-state index in [1.807, 2.05) is 13.8 Å². The summed E-state index contributed by atoms with van der Waals surface area (Å²) in [6.07, 6.45) is 2.09. The Morgan fingerprint density at radius 3 is 1.55 bits per heavy atom. The zero-order valence-electron chi connectivity index (χ0n) is 22.8. The lowest BCUT2D eigenvalue weighted by Gasteiger charge is -2.32. The summed E-state index contributed by atoms with van der Waals surface area (Å²) in [6, 6.07) is 7.06. The number of piperidine rings is 2. The Balaban J connectivity index is 1.34. The summed E-state index contributed by atoms with van der Waals surface area (Å²) < 4.78 is 21.7. The van der Waals surface area contributed by atoms with Crippen LogP contribution in [0.5, 0.6) is 11.5 Å². The third-order valence-corrected chi connectivity index (χ3v) is 6.90. The minimum Gasteiger partial charge on any atom is -0.491 e. The van der Waals surface area contributed by atoms with Crippen molar-refractivity contribution in [2.45, 2.75) is 51.7 Å². The molecule has 214 valence electrons. The molecule has 1 aromatic carbocycles. The van der Waals surface area contributed by atoms with Crippen LogP contribution in [-0.4, -0.2) is 110 Å². The quantitative estimate of drug-likeness (QED) is 0.340. The highest BCUT2D eigenvalue weighted by molar-refractivity contribution is 5.73. The number of likely N-dealkylation sites (tertiary alicyclic amines) is 2. The average molecular weight is 537 g/mol. The van der Waals surface area contributed by atoms with Gasteiger partial charge in [-0.3, -0.25) is 19.4 Å². The Bertz CT molecular complexity index is 783. The van der Waals surface area contributed by atoms with Crippen LogP contribution in [0, 0.1) is 11.8 Å². The Labute approximate surface area is 225 Å². The number of hydrogen-bond acceptors (Lipinski definition) is 10. The van der Waals surface area contributed by atoms with Crippen molar-refractivity contribution in [3.05, 3.63) is 24.3 Å². The SMILES string of the molecule is CCOC(=O)C1CCCN(CC(O)COc2ccc(OCC(O)CN3CCCC(C(=O)OCC)C3)cc2)C1. The highest BCUT2D eigenvalue weighted by atomic mass is 16.5. The van der Waals surface area contributed by atoms with Crippen molar-refractivity contribution in [1.82, 2.24) is 9.80 Å². The number of carbonyl (C=O) groups excluding carboxylic acids is 2. The van der Waals surface area contributed by atoms with Gasteiger partial charge in [-0.25, -0.2) is 0 Å². The number of nitrogens with zero attached hydrogens (tertiary/aromatic N) is 2. The van der Waals surface area contributed by atoms with Crippen LogP contribution in [0.1, 0.15) is 39.5 Å². The number of esters is 2. The molecule has 1 aromatic rings. The molecule has 2 N–H and O–H groups in total. The van der Waals surface area contributed by atoms with Crippen molar-refractivity contribution in [2.24, 2.45) is 11.8 Å². The second-order valence-corrected chi connectivity index (χ2v) is 10.1. The average Bonchev–Trinajstić information content (AvgIpc) is 2.92. The molecule has 0 amide bonds. The Morgan fingerprint density at radius 1 is 0.789 bits per heavy atom. The van der Waals surface area contributed by atoms with E-state index in [4.69, 9.17) is 18.9 Å². The van der Waals surface area contributed by atoms with Crippen LogP contribution in [-0.2, 0) is 19.1 Å². The van der Waals surface area contributed by atoms with Crippen LogP contribution in [0.15, 0.2) is 24.3 Å². The number of hydrogen-bond donors (Lipinski definition) is 2. The standard InChI is InChI=1S/C28H44N2O8/c1-3-35-27(33)21-7-5-13-29(15-21)17-23(31)19-37-25-9-11-26(12-10-25)38-20-24(32)18-30-14-6-8-22(16-30)28(34)36-4-2/h9-12,21-24,31-32H,3-8,13-20H2,1-2H3. The molecule has 4 unspecified atom stereocenters. The van der Waals surface area contributed by atoms with Gasteiger partial charge < -0.3 is 29.2 Å². The molecule has 38 heavy (non-hydrogen) atoms. The first kappa shape index (κ1) is 30.1. The fourth-order valence-corrected chi connectivity index (χ4v) is 5.07. The first-order valence-electron chi connectivity index (χ1n) is 13.9. The Hall–Kier alpha value is -2.40. The molecule has 2 aliphatic heterocycles. The van der Waals surface area contributed by atoms with E-state index in [1.165, 1.54) is 0 Å². The second-order valence-electron chi connectivity index (χ2n) is 10.1. The van der Waals surface area contributed by atoms with Gasteiger partial charge in [0.15, 0.2) is 0 Å². The number of β-amino-alcohol motifs (C(OH)–C–C–N with tert-alkyl or cyclic N) is 2. The number of benzene rings is 1. The van der Waals surface area contributed by atoms with E-state index in [0.29, 0.717) is 50.9 Å². The maximum Gasteiger partial charge on any atom is 0.310 e. The third kappa shape index (κ3) is 10.1. The minimum absolute atomic E-state index is 0.135. The van der Waals surface area contributed by atoms with E-state index in [-0.39, 0.29) is 37.0 Å². The predicted molar refractivity (Wildman–Crippen MR) is 141 cm³/mol. The molecule has 0 radical (unpaired) electrons. The topological polar surface area (TPSA) is 118 Å². The van der Waals surface area contributed by atoms with Gasteiger partial charge in [-0.15, -0.1) is 0 Å². The molecule has 0 bridgehead atoms. The van der Waals surface area contributed by atoms with Gasteiger partial charge in [0.25, 0.3) is 0 Å². The van der Waals surface area contributed by atoms with E-state index in [9.17, 15) is 19.8 Å². The molecule has 10 heteroatoms. The molecule has 10 nitrogen and oxygen atoms in total. The molecule has 2 saturated heterocycles. The summed E-state index contributed by atoms with van der Waals surface area (Å²) in [7, 11) is 0. The van der Waals surface area contributed by atoms with Crippen LogP contribution < -0.4 is 9.47 Å². The number of carbonyl (C=O) groups is 2. The molecule has 0 saturated carbocycles. The minimum atomic E-state index is -0.680. The molecule has 4 atom stereocenters. The van der Waals surface area contributed by atoms with Crippen LogP contribution in [0.2, 0.25) is 0 Å². The number of aliphatic hydroxyl groups excluding tert-OH is 2. The van der Waals surface area contributed by atoms with E-state index in [1.54, 1.807) is 24.3 Å². The number of aliphatic hydroxyl groups is 2. The van der Waals surface area contributed by atoms with Crippen molar-refractivity contribution < 1.29 is 38.7 Å². The third-order valence-electron chi connectivity index (χ3n) is 6.90.